The zero-order valence-corrected chi connectivity index (χ0v) is 12.6. The smallest absolute Gasteiger partial charge is 0.131 e. The monoisotopic (exact) mass is 294 g/mol. The van der Waals surface area contributed by atoms with Crippen molar-refractivity contribution in [3.63, 3.8) is 0 Å². The molecule has 0 radical (unpaired) electrons. The molecule has 0 saturated heterocycles. The summed E-state index contributed by atoms with van der Waals surface area (Å²) in [6.07, 6.45) is 2.09. The number of benzene rings is 1. The Morgan fingerprint density at radius 2 is 2.20 bits per heavy atom. The van der Waals surface area contributed by atoms with Crippen LogP contribution in [0.25, 0.3) is 0 Å². The number of halogens is 1. The second-order valence-electron chi connectivity index (χ2n) is 4.60. The molecule has 3 nitrogen and oxygen atoms in total. The van der Waals surface area contributed by atoms with E-state index in [1.54, 1.807) is 11.3 Å². The summed E-state index contributed by atoms with van der Waals surface area (Å²) in [5, 5.41) is 6.12. The number of hydrogen-bond donors (Lipinski definition) is 1. The topological polar surface area (TPSA) is 34.1 Å². The minimum absolute atomic E-state index is 0.280. The number of thiazole rings is 1. The Balaban J connectivity index is 1.98. The predicted molar refractivity (Wildman–Crippen MR) is 79.6 cm³/mol. The average Bonchev–Trinajstić information content (AvgIpc) is 2.84. The molecule has 20 heavy (non-hydrogen) atoms. The molecule has 1 aromatic heterocycles. The lowest BCUT2D eigenvalue weighted by molar-refractivity contribution is 0.300. The highest BCUT2D eigenvalue weighted by atomic mass is 32.1. The summed E-state index contributed by atoms with van der Waals surface area (Å²) >= 11 is 1.65. The van der Waals surface area contributed by atoms with Gasteiger partial charge in [0, 0.05) is 18.0 Å². The van der Waals surface area contributed by atoms with Gasteiger partial charge in [-0.2, -0.15) is 0 Å². The van der Waals surface area contributed by atoms with Crippen LogP contribution in [0, 0.1) is 5.82 Å². The van der Waals surface area contributed by atoms with E-state index < -0.39 is 0 Å². The molecule has 1 heterocycles. The van der Waals surface area contributed by atoms with Crippen LogP contribution < -0.4 is 10.1 Å². The van der Waals surface area contributed by atoms with Gasteiger partial charge in [-0.05, 0) is 37.6 Å². The van der Waals surface area contributed by atoms with Crippen molar-refractivity contribution in [3.05, 3.63) is 45.7 Å². The number of nitrogens with zero attached hydrogens (tertiary/aromatic N) is 1. The summed E-state index contributed by atoms with van der Waals surface area (Å²) in [5.74, 6) is 0.262. The van der Waals surface area contributed by atoms with Crippen molar-refractivity contribution >= 4 is 11.3 Å². The molecule has 0 bridgehead atoms. The van der Waals surface area contributed by atoms with Crippen LogP contribution in [-0.2, 0) is 19.6 Å². The summed E-state index contributed by atoms with van der Waals surface area (Å²) in [6.45, 7) is 3.13. The van der Waals surface area contributed by atoms with Gasteiger partial charge in [0.25, 0.3) is 0 Å². The van der Waals surface area contributed by atoms with Gasteiger partial charge in [-0.25, -0.2) is 9.37 Å². The Hall–Kier alpha value is -1.46. The van der Waals surface area contributed by atoms with Crippen molar-refractivity contribution in [2.75, 3.05) is 7.05 Å². The molecule has 0 saturated carbocycles. The second-order valence-corrected chi connectivity index (χ2v) is 5.54. The lowest BCUT2D eigenvalue weighted by Crippen LogP contribution is -2.06. The van der Waals surface area contributed by atoms with Crippen LogP contribution in [0.4, 0.5) is 4.39 Å². The van der Waals surface area contributed by atoms with Crippen molar-refractivity contribution in [2.45, 2.75) is 32.9 Å². The van der Waals surface area contributed by atoms with Gasteiger partial charge >= 0.3 is 0 Å². The van der Waals surface area contributed by atoms with Gasteiger partial charge in [0.05, 0.1) is 10.7 Å². The summed E-state index contributed by atoms with van der Waals surface area (Å²) in [7, 11) is 1.83. The zero-order chi connectivity index (χ0) is 14.4. The van der Waals surface area contributed by atoms with Crippen LogP contribution in [0.1, 0.15) is 29.6 Å². The molecule has 0 aliphatic rings. The Labute approximate surface area is 122 Å². The second kappa shape index (κ2) is 7.36. The molecule has 1 aromatic carbocycles. The fourth-order valence-electron chi connectivity index (χ4n) is 1.91. The molecule has 0 aliphatic heterocycles. The molecule has 0 unspecified atom stereocenters. The third-order valence-corrected chi connectivity index (χ3v) is 3.72. The van der Waals surface area contributed by atoms with Crippen molar-refractivity contribution < 1.29 is 9.13 Å². The van der Waals surface area contributed by atoms with Crippen LogP contribution in [0.2, 0.25) is 0 Å². The van der Waals surface area contributed by atoms with Gasteiger partial charge in [0.1, 0.15) is 18.2 Å². The Kier molecular flexibility index (Phi) is 5.49. The quantitative estimate of drug-likeness (QED) is 0.848. The predicted octanol–water partition coefficient (Wildman–Crippen LogP) is 3.53. The number of rotatable bonds is 7. The van der Waals surface area contributed by atoms with Gasteiger partial charge in [-0.1, -0.05) is 6.92 Å². The minimum Gasteiger partial charge on any atom is -0.487 e. The van der Waals surface area contributed by atoms with Crippen molar-refractivity contribution in [3.8, 4) is 5.75 Å². The van der Waals surface area contributed by atoms with Crippen LogP contribution in [-0.4, -0.2) is 12.0 Å². The summed E-state index contributed by atoms with van der Waals surface area (Å²) in [5.41, 5.74) is 1.77. The van der Waals surface area contributed by atoms with Gasteiger partial charge in [0.2, 0.25) is 0 Å². The Morgan fingerprint density at radius 1 is 1.35 bits per heavy atom. The number of aromatic nitrogens is 1. The highest BCUT2D eigenvalue weighted by Gasteiger charge is 2.05. The lowest BCUT2D eigenvalue weighted by atomic mass is 10.2. The van der Waals surface area contributed by atoms with E-state index in [1.807, 2.05) is 18.5 Å². The van der Waals surface area contributed by atoms with E-state index in [0.717, 1.165) is 29.1 Å². The molecule has 5 heteroatoms. The van der Waals surface area contributed by atoms with Gasteiger partial charge < -0.3 is 10.1 Å². The van der Waals surface area contributed by atoms with E-state index in [9.17, 15) is 4.39 Å². The van der Waals surface area contributed by atoms with E-state index in [4.69, 9.17) is 4.74 Å². The van der Waals surface area contributed by atoms with E-state index in [1.165, 1.54) is 12.1 Å². The largest absolute Gasteiger partial charge is 0.487 e. The van der Waals surface area contributed by atoms with E-state index in [2.05, 4.69) is 17.2 Å². The van der Waals surface area contributed by atoms with Crippen LogP contribution >= 0.6 is 11.3 Å². The van der Waals surface area contributed by atoms with Crippen molar-refractivity contribution in [1.29, 1.82) is 0 Å². The third-order valence-electron chi connectivity index (χ3n) is 2.76. The van der Waals surface area contributed by atoms with Crippen molar-refractivity contribution in [2.24, 2.45) is 0 Å². The standard InChI is InChI=1S/C15H19FN2OS/c1-3-4-15-18-13(10-20-15)9-19-14-6-11(8-17-2)5-12(16)7-14/h5-7,10,17H,3-4,8-9H2,1-2H3. The molecule has 0 spiro atoms. The number of hydrogen-bond acceptors (Lipinski definition) is 4. The minimum atomic E-state index is -0.280. The number of aryl methyl sites for hydroxylation is 1. The molecule has 2 aromatic rings. The van der Waals surface area contributed by atoms with Crippen LogP contribution in [0.5, 0.6) is 5.75 Å². The molecular weight excluding hydrogens is 275 g/mol. The van der Waals surface area contributed by atoms with Gasteiger partial charge in [-0.15, -0.1) is 11.3 Å². The summed E-state index contributed by atoms with van der Waals surface area (Å²) in [6, 6.07) is 4.75. The Morgan fingerprint density at radius 3 is 2.95 bits per heavy atom. The summed E-state index contributed by atoms with van der Waals surface area (Å²) in [4.78, 5) is 4.48. The molecule has 0 fully saturated rings. The highest BCUT2D eigenvalue weighted by Crippen LogP contribution is 2.19. The first-order valence-corrected chi connectivity index (χ1v) is 7.59. The van der Waals surface area contributed by atoms with Gasteiger partial charge in [0.15, 0.2) is 0 Å². The van der Waals surface area contributed by atoms with Gasteiger partial charge in [-0.3, -0.25) is 0 Å². The zero-order valence-electron chi connectivity index (χ0n) is 11.8. The molecular formula is C15H19FN2OS. The molecule has 1 N–H and O–H groups in total. The molecule has 2 rings (SSSR count). The van der Waals surface area contributed by atoms with Crippen LogP contribution in [0.3, 0.4) is 0 Å². The highest BCUT2D eigenvalue weighted by molar-refractivity contribution is 7.09. The Bertz CT molecular complexity index is 557. The first-order chi connectivity index (χ1) is 9.71. The summed E-state index contributed by atoms with van der Waals surface area (Å²) < 4.78 is 19.1. The molecule has 0 aliphatic carbocycles. The fourth-order valence-corrected chi connectivity index (χ4v) is 2.80. The average molecular weight is 294 g/mol. The fraction of sp³-hybridized carbons (Fsp3) is 0.400. The maximum atomic E-state index is 13.5. The SMILES string of the molecule is CCCc1nc(COc2cc(F)cc(CNC)c2)cs1. The van der Waals surface area contributed by atoms with E-state index in [0.29, 0.717) is 18.9 Å². The maximum absolute atomic E-state index is 13.5. The van der Waals surface area contributed by atoms with E-state index >= 15 is 0 Å². The van der Waals surface area contributed by atoms with Crippen LogP contribution in [0.15, 0.2) is 23.6 Å². The van der Waals surface area contributed by atoms with Crippen molar-refractivity contribution in [1.82, 2.24) is 10.3 Å². The third kappa shape index (κ3) is 4.28. The molecule has 0 atom stereocenters. The maximum Gasteiger partial charge on any atom is 0.131 e. The normalized spacial score (nSPS) is 10.8. The molecule has 0 amide bonds. The first kappa shape index (κ1) is 14.9. The van der Waals surface area contributed by atoms with E-state index in [-0.39, 0.29) is 5.82 Å². The first-order valence-electron chi connectivity index (χ1n) is 6.71. The number of nitrogens with one attached hydrogen (secondary N) is 1. The molecule has 108 valence electrons. The number of ether oxygens (including phenoxy) is 1. The lowest BCUT2D eigenvalue weighted by Gasteiger charge is -2.07.